The summed E-state index contributed by atoms with van der Waals surface area (Å²) >= 11 is 0. The van der Waals surface area contributed by atoms with Crippen LogP contribution in [0.4, 0.5) is 0 Å². The molecular formula is C24H32N2O4. The third-order valence-corrected chi connectivity index (χ3v) is 6.77. The number of likely N-dealkylation sites (tertiary alicyclic amines) is 1. The van der Waals surface area contributed by atoms with E-state index < -0.39 is 0 Å². The van der Waals surface area contributed by atoms with Crippen molar-refractivity contribution in [2.45, 2.75) is 58.9 Å². The molecule has 0 N–H and O–H groups in total. The fourth-order valence-electron chi connectivity index (χ4n) is 4.86. The minimum Gasteiger partial charge on any atom is -0.493 e. The summed E-state index contributed by atoms with van der Waals surface area (Å²) in [4.78, 5) is 15.5. The van der Waals surface area contributed by atoms with Crippen LogP contribution in [0.3, 0.4) is 0 Å². The van der Waals surface area contributed by atoms with Crippen molar-refractivity contribution in [2.75, 3.05) is 20.8 Å². The van der Waals surface area contributed by atoms with Gasteiger partial charge in [0, 0.05) is 18.5 Å². The van der Waals surface area contributed by atoms with Crippen LogP contribution >= 0.6 is 0 Å². The lowest BCUT2D eigenvalue weighted by Gasteiger charge is -2.33. The number of benzene rings is 1. The summed E-state index contributed by atoms with van der Waals surface area (Å²) in [6.45, 7) is 7.53. The van der Waals surface area contributed by atoms with Crippen molar-refractivity contribution in [1.29, 1.82) is 0 Å². The quantitative estimate of drug-likeness (QED) is 0.720. The fraction of sp³-hybridized carbons (Fsp3) is 0.583. The van der Waals surface area contributed by atoms with Crippen LogP contribution < -0.4 is 9.47 Å². The molecule has 0 saturated carbocycles. The molecule has 0 unspecified atom stereocenters. The molecule has 2 atom stereocenters. The van der Waals surface area contributed by atoms with Crippen molar-refractivity contribution in [3.63, 3.8) is 0 Å². The first-order valence-electron chi connectivity index (χ1n) is 10.8. The number of hydrogen-bond donors (Lipinski definition) is 0. The lowest BCUT2D eigenvalue weighted by atomic mass is 9.71. The number of carbonyl (C=O) groups is 1. The number of carbonyl (C=O) groups excluding carboxylic acids is 1. The minimum absolute atomic E-state index is 0.00617. The smallest absolute Gasteiger partial charge is 0.276 e. The third kappa shape index (κ3) is 3.68. The first-order chi connectivity index (χ1) is 14.3. The SMILES string of the molecule is COc1ccc([C@H]2CCCN2C(=O)c2noc3c2C[C@@H](C(C)(C)C)CC3)cc1OC. The van der Waals surface area contributed by atoms with Gasteiger partial charge in [-0.25, -0.2) is 0 Å². The molecule has 6 nitrogen and oxygen atoms in total. The van der Waals surface area contributed by atoms with Gasteiger partial charge in [-0.1, -0.05) is 32.0 Å². The lowest BCUT2D eigenvalue weighted by molar-refractivity contribution is 0.0723. The highest BCUT2D eigenvalue weighted by molar-refractivity contribution is 5.94. The first kappa shape index (κ1) is 20.8. The van der Waals surface area contributed by atoms with Crippen LogP contribution in [0.1, 0.15) is 73.5 Å². The van der Waals surface area contributed by atoms with Gasteiger partial charge in [0.25, 0.3) is 5.91 Å². The van der Waals surface area contributed by atoms with Crippen molar-refractivity contribution < 1.29 is 18.8 Å². The Hall–Kier alpha value is -2.50. The second kappa shape index (κ2) is 7.97. The highest BCUT2D eigenvalue weighted by Gasteiger charge is 2.38. The Bertz CT molecular complexity index is 928. The Kier molecular flexibility index (Phi) is 5.51. The van der Waals surface area contributed by atoms with Crippen LogP contribution in [0.5, 0.6) is 11.5 Å². The number of nitrogens with zero attached hydrogens (tertiary/aromatic N) is 2. The first-order valence-corrected chi connectivity index (χ1v) is 10.8. The van der Waals surface area contributed by atoms with Gasteiger partial charge in [-0.05, 0) is 54.7 Å². The molecule has 162 valence electrons. The molecule has 2 aromatic rings. The van der Waals surface area contributed by atoms with Gasteiger partial charge in [0.1, 0.15) is 5.76 Å². The standard InChI is InChI=1S/C24H32N2O4/c1-24(2,3)16-9-11-19-17(14-16)22(25-30-19)23(27)26-12-6-7-18(26)15-8-10-20(28-4)21(13-15)29-5/h8,10,13,16,18H,6-7,9,11-12,14H2,1-5H3/t16-,18+/m0/s1. The maximum absolute atomic E-state index is 13.5. The predicted molar refractivity (Wildman–Crippen MR) is 114 cm³/mol. The van der Waals surface area contributed by atoms with Crippen LogP contribution in [0, 0.1) is 11.3 Å². The van der Waals surface area contributed by atoms with Gasteiger partial charge < -0.3 is 18.9 Å². The van der Waals surface area contributed by atoms with E-state index >= 15 is 0 Å². The molecule has 1 amide bonds. The summed E-state index contributed by atoms with van der Waals surface area (Å²) in [5, 5.41) is 4.24. The number of hydrogen-bond acceptors (Lipinski definition) is 5. The van der Waals surface area contributed by atoms with E-state index in [9.17, 15) is 4.79 Å². The summed E-state index contributed by atoms with van der Waals surface area (Å²) in [5.41, 5.74) is 2.78. The fourth-order valence-corrected chi connectivity index (χ4v) is 4.86. The van der Waals surface area contributed by atoms with Crippen LogP contribution in [-0.2, 0) is 12.8 Å². The topological polar surface area (TPSA) is 64.8 Å². The molecule has 6 heteroatoms. The zero-order chi connectivity index (χ0) is 21.5. The molecule has 2 heterocycles. The normalized spacial score (nSPS) is 21.4. The molecule has 1 aliphatic heterocycles. The maximum atomic E-state index is 13.5. The number of aryl methyl sites for hydroxylation is 1. The molecule has 2 aliphatic rings. The van der Waals surface area contributed by atoms with Gasteiger partial charge in [0.05, 0.1) is 20.3 Å². The highest BCUT2D eigenvalue weighted by Crippen LogP contribution is 2.41. The zero-order valence-electron chi connectivity index (χ0n) is 18.7. The van der Waals surface area contributed by atoms with Crippen LogP contribution in [0.25, 0.3) is 0 Å². The van der Waals surface area contributed by atoms with Gasteiger partial charge in [0.2, 0.25) is 0 Å². The average Bonchev–Trinajstić information content (AvgIpc) is 3.39. The predicted octanol–water partition coefficient (Wildman–Crippen LogP) is 4.82. The summed E-state index contributed by atoms with van der Waals surface area (Å²) in [6.07, 6.45) is 4.69. The van der Waals surface area contributed by atoms with E-state index in [0.717, 1.165) is 55.5 Å². The van der Waals surface area contributed by atoms with Crippen LogP contribution in [0.15, 0.2) is 22.7 Å². The molecule has 0 spiro atoms. The van der Waals surface area contributed by atoms with E-state index in [4.69, 9.17) is 14.0 Å². The molecule has 30 heavy (non-hydrogen) atoms. The molecule has 0 bridgehead atoms. The number of amides is 1. The van der Waals surface area contributed by atoms with Crippen LogP contribution in [0.2, 0.25) is 0 Å². The number of rotatable bonds is 4. The largest absolute Gasteiger partial charge is 0.493 e. The molecule has 1 saturated heterocycles. The van der Waals surface area contributed by atoms with E-state index in [2.05, 4.69) is 25.9 Å². The monoisotopic (exact) mass is 412 g/mol. The molecule has 1 fully saturated rings. The van der Waals surface area contributed by atoms with Crippen molar-refractivity contribution >= 4 is 5.91 Å². The molecule has 1 aromatic carbocycles. The molecular weight excluding hydrogens is 380 g/mol. The van der Waals surface area contributed by atoms with E-state index in [1.165, 1.54) is 0 Å². The Morgan fingerprint density at radius 2 is 1.93 bits per heavy atom. The number of ether oxygens (including phenoxy) is 2. The van der Waals surface area contributed by atoms with Crippen molar-refractivity contribution in [1.82, 2.24) is 10.1 Å². The van der Waals surface area contributed by atoms with Gasteiger partial charge >= 0.3 is 0 Å². The summed E-state index contributed by atoms with van der Waals surface area (Å²) in [6, 6.07) is 5.90. The lowest BCUT2D eigenvalue weighted by Crippen LogP contribution is -2.33. The maximum Gasteiger partial charge on any atom is 0.276 e. The van der Waals surface area contributed by atoms with Gasteiger partial charge in [0.15, 0.2) is 17.2 Å². The Labute approximate surface area is 178 Å². The Morgan fingerprint density at radius 1 is 1.17 bits per heavy atom. The Morgan fingerprint density at radius 3 is 2.63 bits per heavy atom. The van der Waals surface area contributed by atoms with Crippen molar-refractivity contribution in [3.8, 4) is 11.5 Å². The summed E-state index contributed by atoms with van der Waals surface area (Å²) < 4.78 is 16.4. The summed E-state index contributed by atoms with van der Waals surface area (Å²) in [5.74, 6) is 2.76. The van der Waals surface area contributed by atoms with E-state index in [1.54, 1.807) is 14.2 Å². The van der Waals surface area contributed by atoms with Crippen molar-refractivity contribution in [3.05, 3.63) is 40.8 Å². The van der Waals surface area contributed by atoms with Gasteiger partial charge in [-0.2, -0.15) is 0 Å². The molecule has 0 radical (unpaired) electrons. The molecule has 1 aromatic heterocycles. The second-order valence-corrected chi connectivity index (χ2v) is 9.51. The van der Waals surface area contributed by atoms with E-state index in [1.807, 2.05) is 23.1 Å². The molecule has 1 aliphatic carbocycles. The van der Waals surface area contributed by atoms with Gasteiger partial charge in [-0.3, -0.25) is 4.79 Å². The number of aromatic nitrogens is 1. The van der Waals surface area contributed by atoms with E-state index in [0.29, 0.717) is 23.1 Å². The number of methoxy groups -OCH3 is 2. The van der Waals surface area contributed by atoms with E-state index in [-0.39, 0.29) is 17.4 Å². The van der Waals surface area contributed by atoms with Crippen molar-refractivity contribution in [2.24, 2.45) is 11.3 Å². The number of fused-ring (bicyclic) bond motifs is 1. The molecule has 4 rings (SSSR count). The minimum atomic E-state index is -0.0214. The highest BCUT2D eigenvalue weighted by atomic mass is 16.5. The second-order valence-electron chi connectivity index (χ2n) is 9.51. The van der Waals surface area contributed by atoms with Gasteiger partial charge in [-0.15, -0.1) is 0 Å². The van der Waals surface area contributed by atoms with Crippen LogP contribution in [-0.4, -0.2) is 36.7 Å². The Balaban J connectivity index is 1.61. The zero-order valence-corrected chi connectivity index (χ0v) is 18.7. The third-order valence-electron chi connectivity index (χ3n) is 6.77. The average molecular weight is 413 g/mol. The summed E-state index contributed by atoms with van der Waals surface area (Å²) in [7, 11) is 3.26.